The van der Waals surface area contributed by atoms with Crippen molar-refractivity contribution in [2.75, 3.05) is 12.4 Å². The van der Waals surface area contributed by atoms with Crippen molar-refractivity contribution in [1.82, 2.24) is 0 Å². The highest BCUT2D eigenvalue weighted by Gasteiger charge is 2.30. The number of alkyl halides is 3. The molecular weight excluding hydrogens is 443 g/mol. The Kier molecular flexibility index (Phi) is 8.44. The molecule has 0 radical (unpaired) electrons. The van der Waals surface area contributed by atoms with Crippen LogP contribution in [0.2, 0.25) is 0 Å². The molecule has 0 heterocycles. The predicted octanol–water partition coefficient (Wildman–Crippen LogP) is 5.96. The van der Waals surface area contributed by atoms with E-state index >= 15 is 0 Å². The second-order valence-corrected chi connectivity index (χ2v) is 8.81. The Balaban J connectivity index is 1.95. The molecule has 0 saturated carbocycles. The van der Waals surface area contributed by atoms with E-state index < -0.39 is 23.3 Å². The maximum absolute atomic E-state index is 12.7. The van der Waals surface area contributed by atoms with Crippen molar-refractivity contribution < 1.29 is 32.5 Å². The fourth-order valence-corrected chi connectivity index (χ4v) is 3.67. The maximum atomic E-state index is 12.7. The molecule has 1 unspecified atom stereocenters. The molecule has 0 bridgehead atoms. The Labute approximate surface area is 189 Å². The van der Waals surface area contributed by atoms with Gasteiger partial charge in [-0.2, -0.15) is 18.4 Å². The lowest BCUT2D eigenvalue weighted by atomic mass is 10.1. The normalized spacial score (nSPS) is 12.7. The van der Waals surface area contributed by atoms with Gasteiger partial charge in [0.2, 0.25) is 0 Å². The maximum Gasteiger partial charge on any atom is 0.416 e. The first kappa shape index (κ1) is 25.4. The van der Waals surface area contributed by atoms with Gasteiger partial charge in [0.1, 0.15) is 11.5 Å². The van der Waals surface area contributed by atoms with Gasteiger partial charge in [-0.15, -0.1) is 11.8 Å². The third kappa shape index (κ3) is 7.38. The number of aliphatic carboxylic acids is 1. The minimum atomic E-state index is -4.40. The number of halogens is 3. The van der Waals surface area contributed by atoms with Crippen LogP contribution in [0.15, 0.2) is 47.4 Å². The molecule has 9 heteroatoms. The second kappa shape index (κ2) is 10.6. The number of carbonyl (C=O) groups is 1. The Bertz CT molecular complexity index is 969. The third-order valence-electron chi connectivity index (χ3n) is 4.56. The Morgan fingerprint density at radius 3 is 2.38 bits per heavy atom. The lowest BCUT2D eigenvalue weighted by Gasteiger charge is -2.23. The molecule has 2 aromatic rings. The first-order valence-corrected chi connectivity index (χ1v) is 10.7. The number of benzene rings is 2. The Morgan fingerprint density at radius 2 is 1.84 bits per heavy atom. The first-order valence-electron chi connectivity index (χ1n) is 9.75. The van der Waals surface area contributed by atoms with Crippen molar-refractivity contribution in [3.05, 3.63) is 53.6 Å². The summed E-state index contributed by atoms with van der Waals surface area (Å²) in [5.41, 5.74) is -1.32. The average Bonchev–Trinajstić information content (AvgIpc) is 2.71. The zero-order chi connectivity index (χ0) is 23.9. The van der Waals surface area contributed by atoms with Crippen LogP contribution >= 0.6 is 11.8 Å². The number of nitriles is 1. The lowest BCUT2D eigenvalue weighted by Crippen LogP contribution is -2.38. The molecule has 172 valence electrons. The average molecular weight is 468 g/mol. The van der Waals surface area contributed by atoms with Gasteiger partial charge in [-0.1, -0.05) is 0 Å². The number of rotatable bonds is 10. The zero-order valence-electron chi connectivity index (χ0n) is 17.9. The summed E-state index contributed by atoms with van der Waals surface area (Å²) < 4.78 is 49.1. The fourth-order valence-electron chi connectivity index (χ4n) is 2.61. The van der Waals surface area contributed by atoms with E-state index in [0.29, 0.717) is 17.3 Å². The fraction of sp³-hybridized carbons (Fsp3) is 0.391. The topological polar surface area (TPSA) is 79.5 Å². The van der Waals surface area contributed by atoms with Gasteiger partial charge in [0.25, 0.3) is 0 Å². The number of hydrogen-bond acceptors (Lipinski definition) is 5. The molecule has 0 aliphatic rings. The molecule has 32 heavy (non-hydrogen) atoms. The van der Waals surface area contributed by atoms with Crippen LogP contribution in [0.4, 0.5) is 13.2 Å². The van der Waals surface area contributed by atoms with Gasteiger partial charge >= 0.3 is 12.1 Å². The van der Waals surface area contributed by atoms with Crippen LogP contribution in [0, 0.1) is 24.2 Å². The number of carboxylic acid groups (broad SMARTS) is 1. The van der Waals surface area contributed by atoms with Crippen molar-refractivity contribution in [2.45, 2.75) is 43.9 Å². The Morgan fingerprint density at radius 1 is 1.19 bits per heavy atom. The molecule has 0 spiro atoms. The van der Waals surface area contributed by atoms with Crippen LogP contribution in [-0.4, -0.2) is 29.0 Å². The van der Waals surface area contributed by atoms with E-state index in [1.807, 2.05) is 19.1 Å². The third-order valence-corrected chi connectivity index (χ3v) is 5.78. The minimum Gasteiger partial charge on any atom is -0.493 e. The van der Waals surface area contributed by atoms with Gasteiger partial charge in [0.05, 0.1) is 18.2 Å². The molecule has 2 rings (SSSR count). The largest absolute Gasteiger partial charge is 0.493 e. The molecule has 5 nitrogen and oxygen atoms in total. The summed E-state index contributed by atoms with van der Waals surface area (Å²) in [5, 5.41) is 18.3. The minimum absolute atomic E-state index is 0.130. The molecule has 0 aliphatic heterocycles. The summed E-state index contributed by atoms with van der Waals surface area (Å²) in [6, 6.07) is 11.9. The SMILES string of the molecule is Cc1cc(SCC(CC#N)COc2ccc(C(F)(F)F)cc2)ccc1OC(C)(C)C(=O)O. The number of thioether (sulfide) groups is 1. The standard InChI is InChI=1S/C23H24F3NO4S/c1-15-12-19(8-9-20(15)31-22(2,3)21(28)29)32-14-16(10-11-27)13-30-18-6-4-17(5-7-18)23(24,25)26/h4-9,12,16H,10,13-14H2,1-3H3,(H,28,29). The summed E-state index contributed by atoms with van der Waals surface area (Å²) >= 11 is 1.50. The van der Waals surface area contributed by atoms with E-state index in [2.05, 4.69) is 6.07 Å². The second-order valence-electron chi connectivity index (χ2n) is 7.72. The van der Waals surface area contributed by atoms with Crippen LogP contribution in [0.3, 0.4) is 0 Å². The summed E-state index contributed by atoms with van der Waals surface area (Å²) in [4.78, 5) is 12.2. The predicted molar refractivity (Wildman–Crippen MR) is 115 cm³/mol. The van der Waals surface area contributed by atoms with Crippen molar-refractivity contribution in [2.24, 2.45) is 5.92 Å². The number of carboxylic acids is 1. The number of nitrogens with zero attached hydrogens (tertiary/aromatic N) is 1. The number of ether oxygens (including phenoxy) is 2. The molecule has 1 atom stereocenters. The van der Waals surface area contributed by atoms with Crippen LogP contribution in [-0.2, 0) is 11.0 Å². The smallest absolute Gasteiger partial charge is 0.416 e. The quantitative estimate of drug-likeness (QED) is 0.435. The van der Waals surface area contributed by atoms with E-state index in [4.69, 9.17) is 14.7 Å². The van der Waals surface area contributed by atoms with Gasteiger partial charge < -0.3 is 14.6 Å². The zero-order valence-corrected chi connectivity index (χ0v) is 18.7. The van der Waals surface area contributed by atoms with E-state index in [0.717, 1.165) is 22.6 Å². The molecule has 2 aromatic carbocycles. The van der Waals surface area contributed by atoms with Gasteiger partial charge in [0.15, 0.2) is 5.60 Å². The molecule has 0 aliphatic carbocycles. The number of aryl methyl sites for hydroxylation is 1. The summed E-state index contributed by atoms with van der Waals surface area (Å²) in [5.74, 6) is 0.150. The highest BCUT2D eigenvalue weighted by molar-refractivity contribution is 7.99. The van der Waals surface area contributed by atoms with Crippen LogP contribution in [0.1, 0.15) is 31.4 Å². The van der Waals surface area contributed by atoms with E-state index in [1.165, 1.54) is 37.7 Å². The highest BCUT2D eigenvalue weighted by Crippen LogP contribution is 2.31. The van der Waals surface area contributed by atoms with E-state index in [1.54, 1.807) is 6.07 Å². The molecule has 0 aromatic heterocycles. The highest BCUT2D eigenvalue weighted by atomic mass is 32.2. The summed E-state index contributed by atoms with van der Waals surface area (Å²) in [6.07, 6.45) is -4.17. The molecule has 1 N–H and O–H groups in total. The van der Waals surface area contributed by atoms with E-state index in [9.17, 15) is 23.1 Å². The summed E-state index contributed by atoms with van der Waals surface area (Å²) in [6.45, 7) is 4.96. The first-order chi connectivity index (χ1) is 14.9. The van der Waals surface area contributed by atoms with E-state index in [-0.39, 0.29) is 18.9 Å². The summed E-state index contributed by atoms with van der Waals surface area (Å²) in [7, 11) is 0. The lowest BCUT2D eigenvalue weighted by molar-refractivity contribution is -0.152. The molecule has 0 amide bonds. The van der Waals surface area contributed by atoms with Gasteiger partial charge in [-0.05, 0) is 68.8 Å². The van der Waals surface area contributed by atoms with Crippen LogP contribution < -0.4 is 9.47 Å². The van der Waals surface area contributed by atoms with Crippen molar-refractivity contribution in [1.29, 1.82) is 5.26 Å². The van der Waals surface area contributed by atoms with Crippen molar-refractivity contribution >= 4 is 17.7 Å². The van der Waals surface area contributed by atoms with Crippen LogP contribution in [0.25, 0.3) is 0 Å². The van der Waals surface area contributed by atoms with Crippen molar-refractivity contribution in [3.8, 4) is 17.6 Å². The Hall–Kier alpha value is -2.86. The number of hydrogen-bond donors (Lipinski definition) is 1. The molecular formula is C23H24F3NO4S. The monoisotopic (exact) mass is 467 g/mol. The molecule has 0 fully saturated rings. The van der Waals surface area contributed by atoms with Crippen molar-refractivity contribution in [3.63, 3.8) is 0 Å². The van der Waals surface area contributed by atoms with Gasteiger partial charge in [-0.3, -0.25) is 0 Å². The van der Waals surface area contributed by atoms with Gasteiger partial charge in [-0.25, -0.2) is 4.79 Å². The molecule has 0 saturated heterocycles. The van der Waals surface area contributed by atoms with Crippen LogP contribution in [0.5, 0.6) is 11.5 Å². The van der Waals surface area contributed by atoms with Gasteiger partial charge in [0, 0.05) is 23.0 Å².